The zero-order chi connectivity index (χ0) is 15.1. The largest absolute Gasteiger partial charge is 0.310 e. The zero-order valence-electron chi connectivity index (χ0n) is 12.5. The van der Waals surface area contributed by atoms with Crippen LogP contribution in [0.25, 0.3) is 10.2 Å². The molecule has 3 heterocycles. The monoisotopic (exact) mass is 330 g/mol. The Hall–Kier alpha value is -1.46. The van der Waals surface area contributed by atoms with Crippen LogP contribution in [0.5, 0.6) is 0 Å². The van der Waals surface area contributed by atoms with Crippen LogP contribution in [0.4, 0.5) is 0 Å². The highest BCUT2D eigenvalue weighted by Crippen LogP contribution is 2.36. The zero-order valence-corrected chi connectivity index (χ0v) is 14.1. The minimum atomic E-state index is 0.0454. The maximum Gasteiger partial charge on any atom is 0.259 e. The van der Waals surface area contributed by atoms with E-state index in [-0.39, 0.29) is 5.56 Å². The molecule has 0 bridgehead atoms. The number of nitrogens with zero attached hydrogens (tertiary/aromatic N) is 1. The molecule has 1 aliphatic rings. The second-order valence-corrected chi connectivity index (χ2v) is 8.09. The number of aryl methyl sites for hydroxylation is 1. The highest BCUT2D eigenvalue weighted by molar-refractivity contribution is 7.18. The predicted molar refractivity (Wildman–Crippen MR) is 93.2 cm³/mol. The molecule has 0 amide bonds. The van der Waals surface area contributed by atoms with Gasteiger partial charge in [-0.25, -0.2) is 4.98 Å². The second-order valence-electron chi connectivity index (χ2n) is 5.97. The topological polar surface area (TPSA) is 45.8 Å². The first-order chi connectivity index (χ1) is 10.7. The fourth-order valence-corrected chi connectivity index (χ4v) is 5.37. The van der Waals surface area contributed by atoms with Crippen molar-refractivity contribution < 1.29 is 0 Å². The molecule has 0 aliphatic heterocycles. The highest BCUT2D eigenvalue weighted by atomic mass is 32.1. The van der Waals surface area contributed by atoms with Gasteiger partial charge in [-0.2, -0.15) is 0 Å². The molecule has 0 radical (unpaired) electrons. The molecule has 1 N–H and O–H groups in total. The molecule has 4 rings (SSSR count). The Balaban J connectivity index is 1.77. The Morgan fingerprint density at radius 3 is 3.14 bits per heavy atom. The van der Waals surface area contributed by atoms with Crippen LogP contribution in [0.3, 0.4) is 0 Å². The smallest absolute Gasteiger partial charge is 0.259 e. The SMILES string of the molecule is CCC1CCc2c(sc3nc(Cc4cccs4)[nH]c(=O)c23)C1. The highest BCUT2D eigenvalue weighted by Gasteiger charge is 2.24. The molecule has 3 nitrogen and oxygen atoms in total. The Labute approximate surface area is 137 Å². The van der Waals surface area contributed by atoms with Gasteiger partial charge in [-0.3, -0.25) is 4.79 Å². The summed E-state index contributed by atoms with van der Waals surface area (Å²) in [5, 5.41) is 2.91. The number of aromatic nitrogens is 2. The minimum absolute atomic E-state index is 0.0454. The number of hydrogen-bond acceptors (Lipinski definition) is 4. The first-order valence-corrected chi connectivity index (χ1v) is 9.50. The number of hydrogen-bond donors (Lipinski definition) is 1. The Morgan fingerprint density at radius 1 is 1.45 bits per heavy atom. The Kier molecular flexibility index (Phi) is 3.62. The number of fused-ring (bicyclic) bond motifs is 3. The van der Waals surface area contributed by atoms with E-state index >= 15 is 0 Å². The molecular formula is C17H18N2OS2. The predicted octanol–water partition coefficient (Wildman–Crippen LogP) is 4.15. The molecule has 114 valence electrons. The molecule has 1 unspecified atom stereocenters. The first kappa shape index (κ1) is 14.2. The lowest BCUT2D eigenvalue weighted by Crippen LogP contribution is -2.15. The van der Waals surface area contributed by atoms with E-state index in [0.717, 1.165) is 34.8 Å². The van der Waals surface area contributed by atoms with Crippen molar-refractivity contribution in [1.29, 1.82) is 0 Å². The van der Waals surface area contributed by atoms with Gasteiger partial charge in [0.1, 0.15) is 10.7 Å². The molecule has 0 saturated carbocycles. The van der Waals surface area contributed by atoms with Crippen LogP contribution >= 0.6 is 22.7 Å². The number of aromatic amines is 1. The fraction of sp³-hybridized carbons (Fsp3) is 0.412. The number of thiophene rings is 2. The van der Waals surface area contributed by atoms with Crippen molar-refractivity contribution in [3.63, 3.8) is 0 Å². The van der Waals surface area contributed by atoms with Gasteiger partial charge < -0.3 is 4.98 Å². The molecule has 3 aromatic rings. The number of nitrogens with one attached hydrogen (secondary N) is 1. The molecule has 5 heteroatoms. The Bertz CT molecular complexity index is 861. The van der Waals surface area contributed by atoms with Gasteiger partial charge in [0.15, 0.2) is 0 Å². The van der Waals surface area contributed by atoms with Gasteiger partial charge in [0, 0.05) is 16.2 Å². The van der Waals surface area contributed by atoms with Crippen molar-refractivity contribution in [3.05, 3.63) is 49.0 Å². The van der Waals surface area contributed by atoms with Crippen molar-refractivity contribution in [3.8, 4) is 0 Å². The number of H-pyrrole nitrogens is 1. The van der Waals surface area contributed by atoms with Crippen molar-refractivity contribution >= 4 is 32.9 Å². The molecule has 3 aromatic heterocycles. The van der Waals surface area contributed by atoms with Crippen molar-refractivity contribution in [2.45, 2.75) is 39.0 Å². The van der Waals surface area contributed by atoms with E-state index in [1.54, 1.807) is 22.7 Å². The third-order valence-electron chi connectivity index (χ3n) is 4.57. The van der Waals surface area contributed by atoms with Crippen molar-refractivity contribution in [2.24, 2.45) is 5.92 Å². The second kappa shape index (κ2) is 5.63. The average Bonchev–Trinajstić information content (AvgIpc) is 3.13. The van der Waals surface area contributed by atoms with Crippen LogP contribution in [0.2, 0.25) is 0 Å². The van der Waals surface area contributed by atoms with Gasteiger partial charge in [-0.05, 0) is 42.2 Å². The maximum atomic E-state index is 12.5. The summed E-state index contributed by atoms with van der Waals surface area (Å²) in [5.41, 5.74) is 1.31. The van der Waals surface area contributed by atoms with Crippen LogP contribution in [-0.4, -0.2) is 9.97 Å². The normalized spacial score (nSPS) is 17.8. The van der Waals surface area contributed by atoms with E-state index in [9.17, 15) is 4.79 Å². The summed E-state index contributed by atoms with van der Waals surface area (Å²) in [7, 11) is 0. The van der Waals surface area contributed by atoms with E-state index < -0.39 is 0 Å². The molecule has 1 atom stereocenters. The third-order valence-corrected chi connectivity index (χ3v) is 6.59. The number of rotatable bonds is 3. The van der Waals surface area contributed by atoms with Gasteiger partial charge in [-0.15, -0.1) is 22.7 Å². The van der Waals surface area contributed by atoms with Gasteiger partial charge in [0.25, 0.3) is 5.56 Å². The van der Waals surface area contributed by atoms with E-state index in [2.05, 4.69) is 23.4 Å². The summed E-state index contributed by atoms with van der Waals surface area (Å²) in [6, 6.07) is 4.12. The summed E-state index contributed by atoms with van der Waals surface area (Å²) in [6.45, 7) is 2.26. The minimum Gasteiger partial charge on any atom is -0.310 e. The summed E-state index contributed by atoms with van der Waals surface area (Å²) in [4.78, 5) is 23.8. The van der Waals surface area contributed by atoms with Gasteiger partial charge in [0.05, 0.1) is 5.39 Å². The van der Waals surface area contributed by atoms with Crippen LogP contribution in [0, 0.1) is 5.92 Å². The summed E-state index contributed by atoms with van der Waals surface area (Å²) < 4.78 is 0. The summed E-state index contributed by atoms with van der Waals surface area (Å²) in [6.07, 6.45) is 5.28. The molecule has 1 aliphatic carbocycles. The molecule has 0 fully saturated rings. The molecule has 0 aromatic carbocycles. The van der Waals surface area contributed by atoms with Crippen molar-refractivity contribution in [2.75, 3.05) is 0 Å². The van der Waals surface area contributed by atoms with E-state index in [1.807, 2.05) is 6.07 Å². The lowest BCUT2D eigenvalue weighted by Gasteiger charge is -2.20. The van der Waals surface area contributed by atoms with Crippen LogP contribution in [0.1, 0.15) is 40.9 Å². The molecule has 22 heavy (non-hydrogen) atoms. The maximum absolute atomic E-state index is 12.5. The first-order valence-electron chi connectivity index (χ1n) is 7.80. The molecular weight excluding hydrogens is 312 g/mol. The van der Waals surface area contributed by atoms with Gasteiger partial charge in [0.2, 0.25) is 0 Å². The van der Waals surface area contributed by atoms with E-state index in [1.165, 1.54) is 28.2 Å². The lowest BCUT2D eigenvalue weighted by molar-refractivity contribution is 0.451. The van der Waals surface area contributed by atoms with Crippen molar-refractivity contribution in [1.82, 2.24) is 9.97 Å². The van der Waals surface area contributed by atoms with Crippen LogP contribution < -0.4 is 5.56 Å². The van der Waals surface area contributed by atoms with Gasteiger partial charge >= 0.3 is 0 Å². The van der Waals surface area contributed by atoms with Gasteiger partial charge in [-0.1, -0.05) is 19.4 Å². The third kappa shape index (κ3) is 2.42. The molecule has 0 spiro atoms. The van der Waals surface area contributed by atoms with Crippen LogP contribution in [0.15, 0.2) is 22.3 Å². The van der Waals surface area contributed by atoms with Crippen LogP contribution in [-0.2, 0) is 19.3 Å². The standard InChI is InChI=1S/C17H18N2OS2/c1-2-10-5-6-12-13(8-10)22-17-15(12)16(20)18-14(19-17)9-11-4-3-7-21-11/h3-4,7,10H,2,5-6,8-9H2,1H3,(H,18,19,20). The average molecular weight is 330 g/mol. The lowest BCUT2D eigenvalue weighted by atomic mass is 9.86. The van der Waals surface area contributed by atoms with E-state index in [0.29, 0.717) is 6.42 Å². The van der Waals surface area contributed by atoms with E-state index in [4.69, 9.17) is 4.98 Å². The fourth-order valence-electron chi connectivity index (χ4n) is 3.31. The summed E-state index contributed by atoms with van der Waals surface area (Å²) in [5.74, 6) is 1.55. The quantitative estimate of drug-likeness (QED) is 0.784. The summed E-state index contributed by atoms with van der Waals surface area (Å²) >= 11 is 3.43. The Morgan fingerprint density at radius 2 is 2.36 bits per heavy atom. The molecule has 0 saturated heterocycles.